The van der Waals surface area contributed by atoms with Crippen molar-refractivity contribution in [2.24, 2.45) is 12.8 Å². The molecule has 3 N–H and O–H groups in total. The first-order chi connectivity index (χ1) is 8.97. The van der Waals surface area contributed by atoms with Crippen LogP contribution >= 0.6 is 0 Å². The van der Waals surface area contributed by atoms with Crippen molar-refractivity contribution in [2.45, 2.75) is 19.9 Å². The van der Waals surface area contributed by atoms with Crippen molar-refractivity contribution in [2.75, 3.05) is 5.32 Å². The van der Waals surface area contributed by atoms with Gasteiger partial charge in [0.05, 0.1) is 0 Å². The second-order valence-electron chi connectivity index (χ2n) is 4.66. The molecule has 0 fully saturated rings. The van der Waals surface area contributed by atoms with E-state index in [2.05, 4.69) is 10.4 Å². The van der Waals surface area contributed by atoms with E-state index in [1.807, 2.05) is 45.2 Å². The summed E-state index contributed by atoms with van der Waals surface area (Å²) in [6, 6.07) is 9.24. The Bertz CT molecular complexity index is 564. The Kier molecular flexibility index (Phi) is 3.66. The van der Waals surface area contributed by atoms with Gasteiger partial charge >= 0.3 is 0 Å². The third-order valence-corrected chi connectivity index (χ3v) is 3.04. The van der Waals surface area contributed by atoms with Gasteiger partial charge < -0.3 is 11.1 Å². The number of hydrogen-bond acceptors (Lipinski definition) is 3. The molecular formula is C14H18N4O. The van der Waals surface area contributed by atoms with Gasteiger partial charge in [0.2, 0.25) is 0 Å². The second-order valence-corrected chi connectivity index (χ2v) is 4.66. The molecule has 1 amide bonds. The van der Waals surface area contributed by atoms with Crippen molar-refractivity contribution in [3.05, 3.63) is 47.3 Å². The molecule has 0 radical (unpaired) electrons. The van der Waals surface area contributed by atoms with Crippen molar-refractivity contribution < 1.29 is 4.79 Å². The smallest absolute Gasteiger partial charge is 0.276 e. The number of carbonyl (C=O) groups is 1. The maximum absolute atomic E-state index is 12.0. The van der Waals surface area contributed by atoms with E-state index in [-0.39, 0.29) is 11.9 Å². The van der Waals surface area contributed by atoms with Crippen LogP contribution in [0, 0.1) is 6.92 Å². The summed E-state index contributed by atoms with van der Waals surface area (Å²) in [6.07, 6.45) is 0. The molecule has 19 heavy (non-hydrogen) atoms. The molecule has 2 rings (SSSR count). The van der Waals surface area contributed by atoms with Crippen molar-refractivity contribution in [1.29, 1.82) is 0 Å². The van der Waals surface area contributed by atoms with Gasteiger partial charge in [-0.3, -0.25) is 9.48 Å². The Morgan fingerprint density at radius 3 is 2.47 bits per heavy atom. The first kappa shape index (κ1) is 13.3. The summed E-state index contributed by atoms with van der Waals surface area (Å²) in [7, 11) is 1.81. The van der Waals surface area contributed by atoms with Gasteiger partial charge in [0, 0.05) is 24.5 Å². The highest BCUT2D eigenvalue weighted by Crippen LogP contribution is 2.15. The van der Waals surface area contributed by atoms with Crippen molar-refractivity contribution in [1.82, 2.24) is 9.78 Å². The Labute approximate surface area is 112 Å². The minimum atomic E-state index is -0.211. The molecule has 0 spiro atoms. The fourth-order valence-corrected chi connectivity index (χ4v) is 1.74. The first-order valence-electron chi connectivity index (χ1n) is 6.15. The topological polar surface area (TPSA) is 72.9 Å². The number of aryl methyl sites for hydroxylation is 2. The second kappa shape index (κ2) is 5.24. The van der Waals surface area contributed by atoms with E-state index in [0.29, 0.717) is 5.69 Å². The number of benzene rings is 1. The van der Waals surface area contributed by atoms with E-state index in [1.54, 1.807) is 10.7 Å². The van der Waals surface area contributed by atoms with Gasteiger partial charge in [0.15, 0.2) is 5.69 Å². The summed E-state index contributed by atoms with van der Waals surface area (Å²) in [4.78, 5) is 12.0. The van der Waals surface area contributed by atoms with Gasteiger partial charge in [-0.2, -0.15) is 5.10 Å². The average molecular weight is 258 g/mol. The Balaban J connectivity index is 2.10. The molecule has 100 valence electrons. The number of rotatable bonds is 3. The number of nitrogens with one attached hydrogen (secondary N) is 1. The van der Waals surface area contributed by atoms with E-state index < -0.39 is 0 Å². The molecule has 0 aliphatic carbocycles. The molecule has 0 saturated carbocycles. The van der Waals surface area contributed by atoms with Crippen LogP contribution in [0.3, 0.4) is 0 Å². The lowest BCUT2D eigenvalue weighted by molar-refractivity contribution is 0.102. The fourth-order valence-electron chi connectivity index (χ4n) is 1.74. The van der Waals surface area contributed by atoms with E-state index in [1.165, 1.54) is 0 Å². The third kappa shape index (κ3) is 3.00. The number of amides is 1. The summed E-state index contributed by atoms with van der Waals surface area (Å²) in [5, 5.41) is 6.95. The molecule has 1 aromatic heterocycles. The number of carbonyl (C=O) groups excluding carboxylic acids is 1. The van der Waals surface area contributed by atoms with E-state index >= 15 is 0 Å². The molecule has 5 heteroatoms. The average Bonchev–Trinajstić information content (AvgIpc) is 2.70. The monoisotopic (exact) mass is 258 g/mol. The lowest BCUT2D eigenvalue weighted by atomic mass is 10.1. The number of nitrogens with two attached hydrogens (primary N) is 1. The van der Waals surface area contributed by atoms with Gasteiger partial charge in [0.1, 0.15) is 0 Å². The lowest BCUT2D eigenvalue weighted by Gasteiger charge is -2.07. The zero-order valence-corrected chi connectivity index (χ0v) is 11.3. The van der Waals surface area contributed by atoms with E-state index in [9.17, 15) is 4.79 Å². The van der Waals surface area contributed by atoms with Crippen LogP contribution in [-0.2, 0) is 7.05 Å². The van der Waals surface area contributed by atoms with Gasteiger partial charge in [-0.05, 0) is 37.6 Å². The molecular weight excluding hydrogens is 240 g/mol. The lowest BCUT2D eigenvalue weighted by Crippen LogP contribution is -2.13. The largest absolute Gasteiger partial charge is 0.324 e. The Hall–Kier alpha value is -2.14. The van der Waals surface area contributed by atoms with Crippen LogP contribution in [0.4, 0.5) is 5.69 Å². The van der Waals surface area contributed by atoms with E-state index in [0.717, 1.165) is 16.9 Å². The third-order valence-electron chi connectivity index (χ3n) is 3.04. The maximum Gasteiger partial charge on any atom is 0.276 e. The van der Waals surface area contributed by atoms with E-state index in [4.69, 9.17) is 5.73 Å². The van der Waals surface area contributed by atoms with Crippen LogP contribution in [0.25, 0.3) is 0 Å². The van der Waals surface area contributed by atoms with Gasteiger partial charge in [-0.1, -0.05) is 12.1 Å². The van der Waals surface area contributed by atoms with Crippen molar-refractivity contribution >= 4 is 11.6 Å². The van der Waals surface area contributed by atoms with Crippen molar-refractivity contribution in [3.63, 3.8) is 0 Å². The highest BCUT2D eigenvalue weighted by molar-refractivity contribution is 6.02. The molecule has 1 atom stereocenters. The summed E-state index contributed by atoms with van der Waals surface area (Å²) < 4.78 is 1.67. The summed E-state index contributed by atoms with van der Waals surface area (Å²) in [5.74, 6) is -0.211. The minimum Gasteiger partial charge on any atom is -0.324 e. The molecule has 0 aliphatic heterocycles. The molecule has 2 aromatic rings. The first-order valence-corrected chi connectivity index (χ1v) is 6.15. The molecule has 1 heterocycles. The highest BCUT2D eigenvalue weighted by atomic mass is 16.1. The summed E-state index contributed by atoms with van der Waals surface area (Å²) in [5.41, 5.74) is 8.90. The summed E-state index contributed by atoms with van der Waals surface area (Å²) >= 11 is 0. The molecule has 1 unspecified atom stereocenters. The molecule has 0 saturated heterocycles. The minimum absolute atomic E-state index is 0.0109. The predicted octanol–water partition coefficient (Wildman–Crippen LogP) is 2.00. The molecule has 5 nitrogen and oxygen atoms in total. The number of aromatic nitrogens is 2. The predicted molar refractivity (Wildman–Crippen MR) is 74.9 cm³/mol. The summed E-state index contributed by atoms with van der Waals surface area (Å²) in [6.45, 7) is 3.82. The zero-order valence-electron chi connectivity index (χ0n) is 11.3. The fraction of sp³-hybridized carbons (Fsp3) is 0.286. The molecule has 0 bridgehead atoms. The van der Waals surface area contributed by atoms with Gasteiger partial charge in [-0.25, -0.2) is 0 Å². The number of hydrogen-bond donors (Lipinski definition) is 2. The quantitative estimate of drug-likeness (QED) is 0.884. The standard InChI is InChI=1S/C14H18N4O/c1-9-8-13(17-18(9)3)14(19)16-12-6-4-11(5-7-12)10(2)15/h4-8,10H,15H2,1-3H3,(H,16,19). The zero-order chi connectivity index (χ0) is 14.0. The van der Waals surface area contributed by atoms with Gasteiger partial charge in [-0.15, -0.1) is 0 Å². The highest BCUT2D eigenvalue weighted by Gasteiger charge is 2.11. The van der Waals surface area contributed by atoms with Gasteiger partial charge in [0.25, 0.3) is 5.91 Å². The van der Waals surface area contributed by atoms with Crippen LogP contribution in [0.15, 0.2) is 30.3 Å². The van der Waals surface area contributed by atoms with Crippen LogP contribution in [0.5, 0.6) is 0 Å². The normalized spacial score (nSPS) is 12.2. The maximum atomic E-state index is 12.0. The number of anilines is 1. The van der Waals surface area contributed by atoms with Crippen molar-refractivity contribution in [3.8, 4) is 0 Å². The Morgan fingerprint density at radius 2 is 2.00 bits per heavy atom. The molecule has 0 aliphatic rings. The Morgan fingerprint density at radius 1 is 1.37 bits per heavy atom. The van der Waals surface area contributed by atoms with Crippen LogP contribution < -0.4 is 11.1 Å². The van der Waals surface area contributed by atoms with Crippen LogP contribution in [0.2, 0.25) is 0 Å². The SMILES string of the molecule is Cc1cc(C(=O)Nc2ccc(C(C)N)cc2)nn1C. The molecule has 1 aromatic carbocycles. The van der Waals surface area contributed by atoms with Crippen LogP contribution in [-0.4, -0.2) is 15.7 Å². The van der Waals surface area contributed by atoms with Crippen LogP contribution in [0.1, 0.15) is 34.7 Å². The number of nitrogens with zero attached hydrogens (tertiary/aromatic N) is 2.